The molecule has 0 aliphatic carbocycles. The van der Waals surface area contributed by atoms with E-state index in [1.54, 1.807) is 14.1 Å². The van der Waals surface area contributed by atoms with E-state index in [-0.39, 0.29) is 27.9 Å². The van der Waals surface area contributed by atoms with E-state index in [0.717, 1.165) is 23.3 Å². The van der Waals surface area contributed by atoms with E-state index >= 15 is 0 Å². The van der Waals surface area contributed by atoms with Crippen LogP contribution >= 0.6 is 0 Å². The van der Waals surface area contributed by atoms with Gasteiger partial charge in [-0.15, -0.1) is 0 Å². The first-order chi connectivity index (χ1) is 17.2. The summed E-state index contributed by atoms with van der Waals surface area (Å²) in [5.74, 6) is -1.38. The van der Waals surface area contributed by atoms with E-state index in [2.05, 4.69) is 15.5 Å². The van der Waals surface area contributed by atoms with Crippen molar-refractivity contribution in [2.24, 2.45) is 5.73 Å². The zero-order valence-corrected chi connectivity index (χ0v) is 20.9. The van der Waals surface area contributed by atoms with E-state index in [1.807, 2.05) is 31.2 Å². The summed E-state index contributed by atoms with van der Waals surface area (Å²) in [7, 11) is 3.46. The van der Waals surface area contributed by atoms with Gasteiger partial charge in [0.25, 0.3) is 5.91 Å². The van der Waals surface area contributed by atoms with Crippen LogP contribution in [0.2, 0.25) is 0 Å². The van der Waals surface area contributed by atoms with Crippen molar-refractivity contribution in [3.63, 3.8) is 0 Å². The van der Waals surface area contributed by atoms with Gasteiger partial charge >= 0.3 is 12.2 Å². The van der Waals surface area contributed by atoms with E-state index in [4.69, 9.17) is 11.5 Å². The molecule has 2 aromatic carbocycles. The van der Waals surface area contributed by atoms with Crippen molar-refractivity contribution in [3.05, 3.63) is 64.7 Å². The molecule has 6 N–H and O–H groups in total. The SMILES string of the molecule is Cc1ccc([C@H](N2CCC(NC(=O)CNC(=O)c3cc(C(F)(F)F)ccc3N)C2)[N+](C)(C)C(N)=O)cc1. The zero-order chi connectivity index (χ0) is 27.5. The lowest BCUT2D eigenvalue weighted by Crippen LogP contribution is -2.57. The van der Waals surface area contributed by atoms with E-state index in [0.29, 0.717) is 25.6 Å². The van der Waals surface area contributed by atoms with Crippen molar-refractivity contribution in [1.29, 1.82) is 0 Å². The first kappa shape index (κ1) is 27.9. The fourth-order valence-electron chi connectivity index (χ4n) is 4.44. The fraction of sp³-hybridized carbons (Fsp3) is 0.400. The summed E-state index contributed by atoms with van der Waals surface area (Å²) in [6.07, 6.45) is -4.41. The molecule has 1 saturated heterocycles. The first-order valence-corrected chi connectivity index (χ1v) is 11.7. The van der Waals surface area contributed by atoms with Crippen LogP contribution in [0.3, 0.4) is 0 Å². The maximum Gasteiger partial charge on any atom is 0.416 e. The molecule has 0 radical (unpaired) electrons. The number of quaternary nitrogens is 1. The van der Waals surface area contributed by atoms with Crippen LogP contribution in [0.15, 0.2) is 42.5 Å². The Morgan fingerprint density at radius 2 is 1.78 bits per heavy atom. The summed E-state index contributed by atoms with van der Waals surface area (Å²) in [4.78, 5) is 39.2. The lowest BCUT2D eigenvalue weighted by atomic mass is 10.1. The van der Waals surface area contributed by atoms with Gasteiger partial charge < -0.3 is 22.1 Å². The molecule has 0 saturated carbocycles. The molecular weight excluding hydrogens is 489 g/mol. The molecule has 2 aromatic rings. The molecule has 1 heterocycles. The Hall–Kier alpha value is -3.64. The monoisotopic (exact) mass is 521 g/mol. The molecule has 1 aliphatic rings. The Morgan fingerprint density at radius 3 is 2.38 bits per heavy atom. The highest BCUT2D eigenvalue weighted by molar-refractivity contribution is 6.00. The van der Waals surface area contributed by atoms with Gasteiger partial charge in [0, 0.05) is 30.4 Å². The molecule has 0 bridgehead atoms. The Balaban J connectivity index is 1.63. The maximum absolute atomic E-state index is 13.0. The van der Waals surface area contributed by atoms with Gasteiger partial charge in [0.1, 0.15) is 0 Å². The van der Waals surface area contributed by atoms with E-state index in [1.165, 1.54) is 0 Å². The van der Waals surface area contributed by atoms with Gasteiger partial charge in [0.05, 0.1) is 31.8 Å². The normalized spacial score (nSPS) is 17.3. The van der Waals surface area contributed by atoms with Gasteiger partial charge in [-0.05, 0) is 31.5 Å². The fourth-order valence-corrected chi connectivity index (χ4v) is 4.44. The second-order valence-electron chi connectivity index (χ2n) is 9.69. The number of nitrogens with zero attached hydrogens (tertiary/aromatic N) is 2. The number of benzene rings is 2. The zero-order valence-electron chi connectivity index (χ0n) is 20.9. The third-order valence-electron chi connectivity index (χ3n) is 6.52. The number of carbonyl (C=O) groups is 3. The number of anilines is 1. The number of amides is 4. The van der Waals surface area contributed by atoms with Crippen molar-refractivity contribution >= 4 is 23.5 Å². The smallest absolute Gasteiger partial charge is 0.398 e. The molecule has 12 heteroatoms. The molecule has 0 aromatic heterocycles. The van der Waals surface area contributed by atoms with Crippen LogP contribution in [-0.4, -0.2) is 67.0 Å². The van der Waals surface area contributed by atoms with Gasteiger partial charge in [0.2, 0.25) is 5.91 Å². The molecular formula is C25H32F3N6O3+. The van der Waals surface area contributed by atoms with Crippen LogP contribution in [0, 0.1) is 6.92 Å². The van der Waals surface area contributed by atoms with Crippen LogP contribution in [0.1, 0.15) is 39.6 Å². The average molecular weight is 522 g/mol. The van der Waals surface area contributed by atoms with E-state index < -0.39 is 36.1 Å². The summed E-state index contributed by atoms with van der Waals surface area (Å²) in [6.45, 7) is 2.56. The quantitative estimate of drug-likeness (QED) is 0.328. The number of hydrogen-bond acceptors (Lipinski definition) is 5. The van der Waals surface area contributed by atoms with Gasteiger partial charge in [-0.25, -0.2) is 14.2 Å². The summed E-state index contributed by atoms with van der Waals surface area (Å²) in [6, 6.07) is 9.49. The van der Waals surface area contributed by atoms with Crippen molar-refractivity contribution in [2.75, 3.05) is 39.5 Å². The van der Waals surface area contributed by atoms with Crippen LogP contribution in [0.25, 0.3) is 0 Å². The summed E-state index contributed by atoms with van der Waals surface area (Å²) < 4.78 is 38.8. The maximum atomic E-state index is 13.0. The molecule has 9 nitrogen and oxygen atoms in total. The molecule has 37 heavy (non-hydrogen) atoms. The second kappa shape index (κ2) is 10.8. The van der Waals surface area contributed by atoms with Gasteiger partial charge in [-0.1, -0.05) is 29.8 Å². The van der Waals surface area contributed by atoms with Crippen LogP contribution in [0.5, 0.6) is 0 Å². The predicted molar refractivity (Wildman–Crippen MR) is 132 cm³/mol. The highest BCUT2D eigenvalue weighted by atomic mass is 19.4. The van der Waals surface area contributed by atoms with Crippen molar-refractivity contribution in [3.8, 4) is 0 Å². The molecule has 1 fully saturated rings. The second-order valence-corrected chi connectivity index (χ2v) is 9.69. The van der Waals surface area contributed by atoms with Crippen molar-refractivity contribution in [1.82, 2.24) is 15.5 Å². The number of alkyl halides is 3. The van der Waals surface area contributed by atoms with Gasteiger partial charge in [0.15, 0.2) is 6.17 Å². The third kappa shape index (κ3) is 6.57. The number of nitrogen functional groups attached to an aromatic ring is 1. The molecule has 200 valence electrons. The molecule has 3 rings (SSSR count). The Kier molecular flexibility index (Phi) is 8.13. The summed E-state index contributed by atoms with van der Waals surface area (Å²) in [5.41, 5.74) is 11.9. The molecule has 1 aliphatic heterocycles. The summed E-state index contributed by atoms with van der Waals surface area (Å²) >= 11 is 0. The third-order valence-corrected chi connectivity index (χ3v) is 6.52. The standard InChI is InChI=1S/C25H31F3N6O3/c1-15-4-6-16(7-5-15)23(34(2,3)24(30)37)33-11-10-18(14-33)32-21(35)13-31-22(36)19-12-17(25(26,27)28)8-9-20(19)29/h4-9,12,18,23H,10-11,13-14H2,1-3H3,(H5-,29,30,31,32,35,36,37)/p+1/t18?,23-/m1/s1. The minimum atomic E-state index is -4.63. The van der Waals surface area contributed by atoms with Crippen LogP contribution < -0.4 is 22.1 Å². The predicted octanol–water partition coefficient (Wildman–Crippen LogP) is 2.37. The summed E-state index contributed by atoms with van der Waals surface area (Å²) in [5, 5.41) is 5.15. The minimum Gasteiger partial charge on any atom is -0.398 e. The first-order valence-electron chi connectivity index (χ1n) is 11.7. The average Bonchev–Trinajstić information content (AvgIpc) is 3.25. The largest absolute Gasteiger partial charge is 0.416 e. The number of rotatable bonds is 7. The molecule has 0 spiro atoms. The number of hydrogen-bond donors (Lipinski definition) is 4. The number of likely N-dealkylation sites (tertiary alicyclic amines) is 1. The minimum absolute atomic E-state index is 0.113. The number of nitrogens with one attached hydrogen (secondary N) is 2. The highest BCUT2D eigenvalue weighted by Gasteiger charge is 2.43. The number of primary amides is 1. The van der Waals surface area contributed by atoms with Crippen LogP contribution in [0.4, 0.5) is 23.7 Å². The van der Waals surface area contributed by atoms with Crippen LogP contribution in [-0.2, 0) is 11.0 Å². The number of halogens is 3. The number of nitrogens with two attached hydrogens (primary N) is 2. The van der Waals surface area contributed by atoms with Gasteiger partial charge in [-0.2, -0.15) is 13.2 Å². The number of urea groups is 1. The highest BCUT2D eigenvalue weighted by Crippen LogP contribution is 2.33. The molecule has 4 amide bonds. The Bertz CT molecular complexity index is 1170. The number of carbonyl (C=O) groups excluding carboxylic acids is 3. The lowest BCUT2D eigenvalue weighted by Gasteiger charge is -2.39. The molecule has 1 unspecified atom stereocenters. The Labute approximate surface area is 213 Å². The number of aryl methyl sites for hydroxylation is 1. The lowest BCUT2D eigenvalue weighted by molar-refractivity contribution is -0.856. The Morgan fingerprint density at radius 1 is 1.14 bits per heavy atom. The van der Waals surface area contributed by atoms with E-state index in [9.17, 15) is 27.6 Å². The van der Waals surface area contributed by atoms with Crippen molar-refractivity contribution < 1.29 is 32.0 Å². The van der Waals surface area contributed by atoms with Crippen molar-refractivity contribution in [2.45, 2.75) is 31.7 Å². The molecule has 2 atom stereocenters. The topological polar surface area (TPSA) is 131 Å². The van der Waals surface area contributed by atoms with Gasteiger partial charge in [-0.3, -0.25) is 9.59 Å².